The fourth-order valence-corrected chi connectivity index (χ4v) is 6.21. The fourth-order valence-electron chi connectivity index (χ4n) is 5.25. The molecule has 214 valence electrons. The predicted octanol–water partition coefficient (Wildman–Crippen LogP) is 5.44. The van der Waals surface area contributed by atoms with Crippen LogP contribution < -0.4 is 20.3 Å². The Bertz CT molecular complexity index is 1550. The number of urea groups is 1. The Labute approximate surface area is 242 Å². The predicted molar refractivity (Wildman–Crippen MR) is 160 cm³/mol. The first-order valence-corrected chi connectivity index (χ1v) is 14.5. The van der Waals surface area contributed by atoms with Gasteiger partial charge in [0.15, 0.2) is 5.13 Å². The van der Waals surface area contributed by atoms with Crippen LogP contribution in [0.4, 0.5) is 15.9 Å². The number of carboxylic acids is 1. The minimum Gasteiger partial charge on any atom is -0.497 e. The Morgan fingerprint density at radius 2 is 1.85 bits per heavy atom. The van der Waals surface area contributed by atoms with Gasteiger partial charge < -0.3 is 20.1 Å². The van der Waals surface area contributed by atoms with Gasteiger partial charge >= 0.3 is 12.0 Å². The number of aromatic nitrogens is 4. The highest BCUT2D eigenvalue weighted by molar-refractivity contribution is 7.22. The van der Waals surface area contributed by atoms with Crippen molar-refractivity contribution >= 4 is 44.6 Å². The number of rotatable bonds is 9. The van der Waals surface area contributed by atoms with E-state index >= 15 is 0 Å². The van der Waals surface area contributed by atoms with Crippen molar-refractivity contribution < 1.29 is 19.4 Å². The molecular weight excluding hydrogens is 542 g/mol. The Balaban J connectivity index is 1.46. The number of methoxy groups -OCH3 is 1. The van der Waals surface area contributed by atoms with E-state index in [-0.39, 0.29) is 6.03 Å². The Hall–Kier alpha value is -4.32. The Morgan fingerprint density at radius 3 is 2.51 bits per heavy atom. The number of carbonyl (C=O) groups is 2. The van der Waals surface area contributed by atoms with Crippen LogP contribution in [0.5, 0.6) is 5.75 Å². The molecule has 2 amide bonds. The lowest BCUT2D eigenvalue weighted by molar-refractivity contribution is -0.150. The van der Waals surface area contributed by atoms with E-state index in [9.17, 15) is 14.7 Å². The summed E-state index contributed by atoms with van der Waals surface area (Å²) in [6.07, 6.45) is 7.92. The van der Waals surface area contributed by atoms with E-state index in [4.69, 9.17) is 4.74 Å². The first kappa shape index (κ1) is 28.2. The number of carboxylic acid groups (broad SMARTS) is 1. The summed E-state index contributed by atoms with van der Waals surface area (Å²) in [5.74, 6) is 0.555. The van der Waals surface area contributed by atoms with Gasteiger partial charge in [-0.25, -0.2) is 19.7 Å². The number of aliphatic carboxylic acids is 1. The molecular formula is C29H33N7O4S. The van der Waals surface area contributed by atoms with Crippen molar-refractivity contribution in [1.29, 1.82) is 0 Å². The van der Waals surface area contributed by atoms with Gasteiger partial charge in [-0.1, -0.05) is 24.7 Å². The van der Waals surface area contributed by atoms with Crippen molar-refractivity contribution in [3.05, 3.63) is 42.9 Å². The molecule has 5 rings (SSSR count). The largest absolute Gasteiger partial charge is 0.497 e. The second-order valence-electron chi connectivity index (χ2n) is 10.1. The van der Waals surface area contributed by atoms with Crippen LogP contribution in [0.1, 0.15) is 39.5 Å². The van der Waals surface area contributed by atoms with Gasteiger partial charge in [0.2, 0.25) is 5.95 Å². The van der Waals surface area contributed by atoms with Crippen LogP contribution in [0, 0.1) is 5.41 Å². The maximum Gasteiger partial charge on any atom is 0.321 e. The number of nitrogens with zero attached hydrogens (tertiary/aromatic N) is 5. The van der Waals surface area contributed by atoms with Crippen LogP contribution >= 0.6 is 11.3 Å². The van der Waals surface area contributed by atoms with E-state index in [2.05, 4.69) is 35.5 Å². The van der Waals surface area contributed by atoms with E-state index in [1.54, 1.807) is 31.8 Å². The fraction of sp³-hybridized carbons (Fsp3) is 0.379. The molecule has 0 bridgehead atoms. The maximum absolute atomic E-state index is 12.1. The molecule has 0 atom stereocenters. The molecule has 0 saturated carbocycles. The summed E-state index contributed by atoms with van der Waals surface area (Å²) in [5, 5.41) is 15.8. The number of anilines is 2. The summed E-state index contributed by atoms with van der Waals surface area (Å²) >= 11 is 1.37. The molecule has 41 heavy (non-hydrogen) atoms. The van der Waals surface area contributed by atoms with Crippen LogP contribution in [-0.4, -0.2) is 63.8 Å². The van der Waals surface area contributed by atoms with Crippen LogP contribution in [0.25, 0.3) is 32.6 Å². The number of ether oxygens (including phenoxy) is 1. The van der Waals surface area contributed by atoms with Crippen molar-refractivity contribution in [3.8, 4) is 28.1 Å². The van der Waals surface area contributed by atoms with Gasteiger partial charge in [0.25, 0.3) is 0 Å². The Morgan fingerprint density at radius 1 is 1.10 bits per heavy atom. The third-order valence-electron chi connectivity index (χ3n) is 7.45. The summed E-state index contributed by atoms with van der Waals surface area (Å²) in [6.45, 7) is 5.59. The third-order valence-corrected chi connectivity index (χ3v) is 8.47. The number of benzene rings is 1. The van der Waals surface area contributed by atoms with Gasteiger partial charge in [-0.2, -0.15) is 0 Å². The van der Waals surface area contributed by atoms with Crippen LogP contribution in [0.2, 0.25) is 0 Å². The molecule has 1 aliphatic rings. The molecule has 1 aliphatic heterocycles. The molecule has 0 radical (unpaired) electrons. The lowest BCUT2D eigenvalue weighted by atomic mass is 9.75. The lowest BCUT2D eigenvalue weighted by Crippen LogP contribution is -2.45. The van der Waals surface area contributed by atoms with Crippen molar-refractivity contribution in [2.24, 2.45) is 5.41 Å². The van der Waals surface area contributed by atoms with Gasteiger partial charge in [-0.3, -0.25) is 15.1 Å². The summed E-state index contributed by atoms with van der Waals surface area (Å²) < 4.78 is 6.30. The molecule has 3 N–H and O–H groups in total. The quantitative estimate of drug-likeness (QED) is 0.238. The molecule has 0 spiro atoms. The zero-order valence-electron chi connectivity index (χ0n) is 23.3. The molecule has 1 fully saturated rings. The molecule has 3 aromatic heterocycles. The topological polar surface area (TPSA) is 142 Å². The van der Waals surface area contributed by atoms with Gasteiger partial charge in [-0.05, 0) is 49.9 Å². The highest BCUT2D eigenvalue weighted by Gasteiger charge is 2.41. The second kappa shape index (κ2) is 12.0. The second-order valence-corrected chi connectivity index (χ2v) is 11.0. The summed E-state index contributed by atoms with van der Waals surface area (Å²) in [5.41, 5.74) is 3.26. The van der Waals surface area contributed by atoms with Crippen molar-refractivity contribution in [3.63, 3.8) is 0 Å². The maximum atomic E-state index is 12.1. The molecule has 0 unspecified atom stereocenters. The van der Waals surface area contributed by atoms with E-state index in [1.165, 1.54) is 11.3 Å². The number of carbonyl (C=O) groups excluding carboxylic acids is 1. The Kier molecular flexibility index (Phi) is 8.29. The van der Waals surface area contributed by atoms with Crippen molar-refractivity contribution in [1.82, 2.24) is 25.3 Å². The summed E-state index contributed by atoms with van der Waals surface area (Å²) in [7, 11) is 1.61. The first-order chi connectivity index (χ1) is 19.9. The normalized spacial score (nSPS) is 14.6. The van der Waals surface area contributed by atoms with Crippen LogP contribution in [0.3, 0.4) is 0 Å². The van der Waals surface area contributed by atoms with Gasteiger partial charge in [-0.15, -0.1) is 0 Å². The average Bonchev–Trinajstić information content (AvgIpc) is 3.39. The monoisotopic (exact) mass is 575 g/mol. The van der Waals surface area contributed by atoms with Crippen molar-refractivity contribution in [2.45, 2.75) is 39.5 Å². The standard InChI is InChI=1S/C29H33N7O4S/c1-4-7-29(25(37)38)8-11-36(12-9-29)26-32-16-19(17-33-26)18-13-21(22-15-20(40-3)6-10-31-22)24-23(14-18)34-28(41-24)35-27(39)30-5-2/h6,10,13-17H,4-5,7-9,11-12H2,1-3H3,(H,37,38)(H2,30,34,35,39). The van der Waals surface area contributed by atoms with Gasteiger partial charge in [0.05, 0.1) is 28.4 Å². The van der Waals surface area contributed by atoms with Crippen LogP contribution in [-0.2, 0) is 4.79 Å². The minimum atomic E-state index is -0.710. The zero-order valence-corrected chi connectivity index (χ0v) is 24.1. The molecule has 4 heterocycles. The molecule has 1 aromatic carbocycles. The van der Waals surface area contributed by atoms with E-state index in [0.717, 1.165) is 27.8 Å². The van der Waals surface area contributed by atoms with E-state index in [1.807, 2.05) is 32.0 Å². The lowest BCUT2D eigenvalue weighted by Gasteiger charge is -2.38. The molecule has 4 aromatic rings. The zero-order chi connectivity index (χ0) is 29.0. The summed E-state index contributed by atoms with van der Waals surface area (Å²) in [6, 6.07) is 7.30. The molecule has 1 saturated heterocycles. The molecule has 0 aliphatic carbocycles. The number of thiazole rings is 1. The minimum absolute atomic E-state index is 0.315. The highest BCUT2D eigenvalue weighted by Crippen LogP contribution is 2.40. The number of pyridine rings is 1. The molecule has 11 nitrogen and oxygen atoms in total. The van der Waals surface area contributed by atoms with E-state index < -0.39 is 11.4 Å². The first-order valence-electron chi connectivity index (χ1n) is 13.7. The highest BCUT2D eigenvalue weighted by atomic mass is 32.1. The third kappa shape index (κ3) is 5.92. The van der Waals surface area contributed by atoms with Crippen LogP contribution in [0.15, 0.2) is 42.9 Å². The van der Waals surface area contributed by atoms with Gasteiger partial charge in [0, 0.05) is 55.4 Å². The number of fused-ring (bicyclic) bond motifs is 1. The number of amides is 2. The average molecular weight is 576 g/mol. The molecule has 12 heteroatoms. The SMILES string of the molecule is CCCC1(C(=O)O)CCN(c2ncc(-c3cc(-c4cc(OC)ccn4)c4sc(NC(=O)NCC)nc4c3)cn2)CC1. The number of hydrogen-bond acceptors (Lipinski definition) is 9. The number of nitrogens with one attached hydrogen (secondary N) is 2. The number of piperidine rings is 1. The number of hydrogen-bond donors (Lipinski definition) is 3. The van der Waals surface area contributed by atoms with Crippen molar-refractivity contribution in [2.75, 3.05) is 37.0 Å². The van der Waals surface area contributed by atoms with Gasteiger partial charge in [0.1, 0.15) is 5.75 Å². The van der Waals surface area contributed by atoms with E-state index in [0.29, 0.717) is 66.9 Å². The smallest absolute Gasteiger partial charge is 0.321 e. The summed E-state index contributed by atoms with van der Waals surface area (Å²) in [4.78, 5) is 44.7.